The molecule has 3 nitrogen and oxygen atoms in total. The summed E-state index contributed by atoms with van der Waals surface area (Å²) in [4.78, 5) is 8.91. The Morgan fingerprint density at radius 1 is 0.826 bits per heavy atom. The van der Waals surface area contributed by atoms with Crippen molar-refractivity contribution < 1.29 is 0 Å². The molecule has 0 saturated heterocycles. The number of nitrogens with one attached hydrogen (secondary N) is 1. The summed E-state index contributed by atoms with van der Waals surface area (Å²) < 4.78 is 0. The van der Waals surface area contributed by atoms with Gasteiger partial charge < -0.3 is 5.32 Å². The maximum absolute atomic E-state index is 4.48. The van der Waals surface area contributed by atoms with Gasteiger partial charge in [-0.3, -0.25) is 0 Å². The number of rotatable bonds is 2. The Bertz CT molecular complexity index is 955. The molecule has 0 atom stereocenters. The fourth-order valence-electron chi connectivity index (χ4n) is 3.11. The van der Waals surface area contributed by atoms with E-state index in [1.54, 1.807) is 6.33 Å². The molecule has 0 aliphatic heterocycles. The number of aryl methyl sites for hydroxylation is 2. The molecule has 4 rings (SSSR count). The van der Waals surface area contributed by atoms with E-state index in [9.17, 15) is 0 Å². The fraction of sp³-hybridized carbons (Fsp3) is 0.100. The van der Waals surface area contributed by atoms with Crippen LogP contribution in [0.25, 0.3) is 22.0 Å². The zero-order valence-corrected chi connectivity index (χ0v) is 13.2. The van der Waals surface area contributed by atoms with E-state index < -0.39 is 0 Å². The zero-order chi connectivity index (χ0) is 15.8. The largest absolute Gasteiger partial charge is 0.340 e. The highest BCUT2D eigenvalue weighted by Crippen LogP contribution is 2.36. The van der Waals surface area contributed by atoms with Gasteiger partial charge in [0.1, 0.15) is 12.1 Å². The lowest BCUT2D eigenvalue weighted by molar-refractivity contribution is 1.22. The van der Waals surface area contributed by atoms with Crippen molar-refractivity contribution in [2.24, 2.45) is 0 Å². The smallest absolute Gasteiger partial charge is 0.142 e. The third-order valence-corrected chi connectivity index (χ3v) is 3.99. The zero-order valence-electron chi connectivity index (χ0n) is 13.2. The second kappa shape index (κ2) is 5.36. The monoisotopic (exact) mass is 299 g/mol. The lowest BCUT2D eigenvalue weighted by atomic mass is 10.1. The van der Waals surface area contributed by atoms with E-state index in [0.29, 0.717) is 0 Å². The summed E-state index contributed by atoms with van der Waals surface area (Å²) in [7, 11) is 0. The molecule has 0 fully saturated rings. The summed E-state index contributed by atoms with van der Waals surface area (Å²) >= 11 is 0. The number of aromatic nitrogens is 2. The molecule has 1 heterocycles. The molecule has 3 heteroatoms. The van der Waals surface area contributed by atoms with E-state index in [4.69, 9.17) is 0 Å². The molecule has 0 radical (unpaired) electrons. The number of hydrogen-bond acceptors (Lipinski definition) is 3. The highest BCUT2D eigenvalue weighted by molar-refractivity contribution is 6.06. The van der Waals surface area contributed by atoms with Crippen LogP contribution in [0.5, 0.6) is 0 Å². The molecule has 2 aromatic rings. The summed E-state index contributed by atoms with van der Waals surface area (Å²) in [5.74, 6) is 0.848. The molecule has 112 valence electrons. The number of anilines is 2. The van der Waals surface area contributed by atoms with Gasteiger partial charge in [-0.1, -0.05) is 36.4 Å². The molecule has 0 saturated carbocycles. The van der Waals surface area contributed by atoms with Gasteiger partial charge in [-0.15, -0.1) is 0 Å². The van der Waals surface area contributed by atoms with E-state index in [1.807, 2.05) is 12.1 Å². The summed E-state index contributed by atoms with van der Waals surface area (Å²) in [6, 6.07) is 18.9. The second-order valence-corrected chi connectivity index (χ2v) is 5.91. The van der Waals surface area contributed by atoms with E-state index in [0.717, 1.165) is 28.0 Å². The lowest BCUT2D eigenvalue weighted by Gasteiger charge is -2.09. The first-order chi connectivity index (χ1) is 11.2. The molecule has 2 aliphatic rings. The van der Waals surface area contributed by atoms with Gasteiger partial charge in [0.15, 0.2) is 0 Å². The molecule has 1 aromatic heterocycles. The summed E-state index contributed by atoms with van der Waals surface area (Å²) in [5.41, 5.74) is 6.82. The number of benzene rings is 1. The summed E-state index contributed by atoms with van der Waals surface area (Å²) in [5, 5.41) is 4.53. The first-order valence-corrected chi connectivity index (χ1v) is 7.68. The molecule has 1 aromatic carbocycles. The molecular formula is C20H17N3. The van der Waals surface area contributed by atoms with Crippen molar-refractivity contribution in [3.63, 3.8) is 0 Å². The number of nitrogens with zero attached hydrogens (tertiary/aromatic N) is 2. The first kappa shape index (κ1) is 13.7. The van der Waals surface area contributed by atoms with Crippen LogP contribution in [0.2, 0.25) is 0 Å². The van der Waals surface area contributed by atoms with Crippen molar-refractivity contribution in [2.75, 3.05) is 5.32 Å². The minimum absolute atomic E-state index is 0.848. The third-order valence-electron chi connectivity index (χ3n) is 3.99. The van der Waals surface area contributed by atoms with Crippen LogP contribution < -0.4 is 5.32 Å². The molecule has 0 unspecified atom stereocenters. The highest BCUT2D eigenvalue weighted by Gasteiger charge is 2.14. The van der Waals surface area contributed by atoms with Crippen molar-refractivity contribution in [1.29, 1.82) is 0 Å². The normalized spacial score (nSPS) is 11.0. The second-order valence-electron chi connectivity index (χ2n) is 5.91. The molecule has 0 bridgehead atoms. The molecule has 0 spiro atoms. The Hall–Kier alpha value is -2.94. The van der Waals surface area contributed by atoms with Crippen LogP contribution in [-0.2, 0) is 0 Å². The minimum atomic E-state index is 0.848. The molecule has 0 amide bonds. The fourth-order valence-corrected chi connectivity index (χ4v) is 3.11. The molecular weight excluding hydrogens is 282 g/mol. The van der Waals surface area contributed by atoms with Gasteiger partial charge in [-0.05, 0) is 54.3 Å². The Balaban J connectivity index is 1.89. The topological polar surface area (TPSA) is 37.8 Å². The predicted octanol–water partition coefficient (Wildman–Crippen LogP) is 5.10. The van der Waals surface area contributed by atoms with Gasteiger partial charge in [0.25, 0.3) is 0 Å². The van der Waals surface area contributed by atoms with Gasteiger partial charge in [0, 0.05) is 5.69 Å². The number of hydrogen-bond donors (Lipinski definition) is 1. The van der Waals surface area contributed by atoms with Crippen LogP contribution in [0.3, 0.4) is 0 Å². The predicted molar refractivity (Wildman–Crippen MR) is 95.4 cm³/mol. The van der Waals surface area contributed by atoms with Crippen LogP contribution in [0.1, 0.15) is 11.1 Å². The Morgan fingerprint density at radius 3 is 2.43 bits per heavy atom. The molecule has 2 aliphatic carbocycles. The lowest BCUT2D eigenvalue weighted by Crippen LogP contribution is -1.96. The van der Waals surface area contributed by atoms with Crippen LogP contribution in [0.4, 0.5) is 11.5 Å². The van der Waals surface area contributed by atoms with Gasteiger partial charge in [0.2, 0.25) is 0 Å². The Labute approximate surface area is 135 Å². The summed E-state index contributed by atoms with van der Waals surface area (Å²) in [6.07, 6.45) is 1.62. The molecule has 1 N–H and O–H groups in total. The summed E-state index contributed by atoms with van der Waals surface area (Å²) in [6.45, 7) is 4.21. The third kappa shape index (κ3) is 2.50. The maximum Gasteiger partial charge on any atom is 0.142 e. The maximum atomic E-state index is 4.48. The van der Waals surface area contributed by atoms with E-state index in [-0.39, 0.29) is 0 Å². The van der Waals surface area contributed by atoms with Crippen molar-refractivity contribution >= 4 is 22.4 Å². The first-order valence-electron chi connectivity index (χ1n) is 7.68. The van der Waals surface area contributed by atoms with Gasteiger partial charge >= 0.3 is 0 Å². The van der Waals surface area contributed by atoms with Crippen LogP contribution in [-0.4, -0.2) is 9.97 Å². The Morgan fingerprint density at radius 2 is 1.61 bits per heavy atom. The van der Waals surface area contributed by atoms with Crippen LogP contribution in [0, 0.1) is 13.8 Å². The Kier molecular flexibility index (Phi) is 3.19. The van der Waals surface area contributed by atoms with E-state index in [2.05, 4.69) is 71.6 Å². The van der Waals surface area contributed by atoms with Crippen molar-refractivity contribution in [1.82, 2.24) is 9.97 Å². The van der Waals surface area contributed by atoms with E-state index >= 15 is 0 Å². The van der Waals surface area contributed by atoms with Crippen LogP contribution >= 0.6 is 0 Å². The van der Waals surface area contributed by atoms with Crippen molar-refractivity contribution in [3.05, 3.63) is 72.1 Å². The number of fused-ring (bicyclic) bond motifs is 3. The average molecular weight is 299 g/mol. The van der Waals surface area contributed by atoms with Crippen LogP contribution in [0.15, 0.2) is 60.9 Å². The molecule has 23 heavy (non-hydrogen) atoms. The van der Waals surface area contributed by atoms with Gasteiger partial charge in [-0.25, -0.2) is 9.97 Å². The van der Waals surface area contributed by atoms with Crippen molar-refractivity contribution in [2.45, 2.75) is 13.8 Å². The minimum Gasteiger partial charge on any atom is -0.340 e. The van der Waals surface area contributed by atoms with E-state index in [1.165, 1.54) is 16.7 Å². The quantitative estimate of drug-likeness (QED) is 0.560. The van der Waals surface area contributed by atoms with Gasteiger partial charge in [0.05, 0.1) is 10.9 Å². The van der Waals surface area contributed by atoms with Gasteiger partial charge in [-0.2, -0.15) is 0 Å². The standard InChI is InChI=1S/C20H17N3/c1-13-8-14(2)10-16(9-13)23-20-19-17-7-5-3-4-6-15(17)11-18(19)21-12-22-20/h3-12H,1-2H3,(H,21,22,23). The highest BCUT2D eigenvalue weighted by atomic mass is 15.0. The average Bonchev–Trinajstić information content (AvgIpc) is 2.70. The SMILES string of the molecule is Cc1cc(C)cc(Nc2ncnc3cc4cccccc-4c23)c1. The van der Waals surface area contributed by atoms with Crippen molar-refractivity contribution in [3.8, 4) is 11.1 Å².